The third kappa shape index (κ3) is 4.66. The molecule has 2 aromatic rings. The minimum atomic E-state index is 0.0886. The van der Waals surface area contributed by atoms with Crippen LogP contribution in [0, 0.1) is 0 Å². The van der Waals surface area contributed by atoms with Gasteiger partial charge in [-0.3, -0.25) is 4.79 Å². The van der Waals surface area contributed by atoms with E-state index in [0.29, 0.717) is 6.42 Å². The summed E-state index contributed by atoms with van der Waals surface area (Å²) < 4.78 is 0. The van der Waals surface area contributed by atoms with Gasteiger partial charge in [-0.15, -0.1) is 11.3 Å². The smallest absolute Gasteiger partial charge is 0.220 e. The Morgan fingerprint density at radius 3 is 2.80 bits per heavy atom. The number of hydrogen-bond donors (Lipinski definition) is 1. The molecule has 1 N–H and O–H groups in total. The molecule has 0 spiro atoms. The van der Waals surface area contributed by atoms with E-state index in [-0.39, 0.29) is 11.9 Å². The van der Waals surface area contributed by atoms with Crippen molar-refractivity contribution in [2.75, 3.05) is 0 Å². The van der Waals surface area contributed by atoms with Crippen LogP contribution in [0.15, 0.2) is 41.8 Å². The molecular weight excluding hydrogens is 290 g/mol. The van der Waals surface area contributed by atoms with E-state index in [9.17, 15) is 4.79 Å². The lowest BCUT2D eigenvalue weighted by Gasteiger charge is -2.14. The number of hydrogen-bond acceptors (Lipinski definition) is 2. The van der Waals surface area contributed by atoms with Crippen LogP contribution in [0.5, 0.6) is 0 Å². The molecule has 1 atom stereocenters. The van der Waals surface area contributed by atoms with Crippen molar-refractivity contribution in [2.45, 2.75) is 32.2 Å². The molecule has 0 saturated heterocycles. The second-order valence-electron chi connectivity index (χ2n) is 4.84. The SMILES string of the molecule is C[C@H](Cc1ccccc1Cl)NC(=O)CCc1cccs1. The second-order valence-corrected chi connectivity index (χ2v) is 6.28. The standard InChI is InChI=1S/C16H18ClNOS/c1-12(11-13-5-2-3-7-15(13)17)18-16(19)9-8-14-6-4-10-20-14/h2-7,10,12H,8-9,11H2,1H3,(H,18,19)/t12-/m1/s1. The van der Waals surface area contributed by atoms with E-state index in [4.69, 9.17) is 11.6 Å². The molecule has 0 unspecified atom stereocenters. The van der Waals surface area contributed by atoms with Gasteiger partial charge in [0, 0.05) is 22.4 Å². The lowest BCUT2D eigenvalue weighted by Crippen LogP contribution is -2.34. The largest absolute Gasteiger partial charge is 0.353 e. The highest BCUT2D eigenvalue weighted by molar-refractivity contribution is 7.09. The molecule has 1 aromatic heterocycles. The molecule has 0 fully saturated rings. The molecule has 0 aliphatic rings. The van der Waals surface area contributed by atoms with Gasteiger partial charge in [0.05, 0.1) is 0 Å². The van der Waals surface area contributed by atoms with Crippen LogP contribution in [0.4, 0.5) is 0 Å². The number of halogens is 1. The molecule has 0 aliphatic carbocycles. The first-order chi connectivity index (χ1) is 9.65. The molecular formula is C16H18ClNOS. The van der Waals surface area contributed by atoms with Crippen molar-refractivity contribution in [1.29, 1.82) is 0 Å². The van der Waals surface area contributed by atoms with E-state index in [1.807, 2.05) is 42.6 Å². The van der Waals surface area contributed by atoms with Crippen LogP contribution in [0.2, 0.25) is 5.02 Å². The molecule has 1 heterocycles. The number of benzene rings is 1. The fraction of sp³-hybridized carbons (Fsp3) is 0.312. The topological polar surface area (TPSA) is 29.1 Å². The zero-order valence-electron chi connectivity index (χ0n) is 11.4. The number of carbonyl (C=O) groups is 1. The zero-order chi connectivity index (χ0) is 14.4. The van der Waals surface area contributed by atoms with Crippen LogP contribution < -0.4 is 5.32 Å². The van der Waals surface area contributed by atoms with E-state index in [1.54, 1.807) is 11.3 Å². The van der Waals surface area contributed by atoms with Crippen molar-refractivity contribution >= 4 is 28.8 Å². The monoisotopic (exact) mass is 307 g/mol. The molecule has 1 aromatic carbocycles. The van der Waals surface area contributed by atoms with E-state index >= 15 is 0 Å². The van der Waals surface area contributed by atoms with Crippen molar-refractivity contribution in [3.8, 4) is 0 Å². The van der Waals surface area contributed by atoms with Gasteiger partial charge in [0.15, 0.2) is 0 Å². The predicted molar refractivity (Wildman–Crippen MR) is 85.4 cm³/mol. The molecule has 1 amide bonds. The van der Waals surface area contributed by atoms with Crippen LogP contribution >= 0.6 is 22.9 Å². The molecule has 0 bridgehead atoms. The first-order valence-electron chi connectivity index (χ1n) is 6.70. The van der Waals surface area contributed by atoms with Crippen molar-refractivity contribution in [1.82, 2.24) is 5.32 Å². The average Bonchev–Trinajstić information content (AvgIpc) is 2.92. The summed E-state index contributed by atoms with van der Waals surface area (Å²) in [6.45, 7) is 2.01. The number of amides is 1. The Morgan fingerprint density at radius 2 is 2.10 bits per heavy atom. The Labute approximate surface area is 128 Å². The highest BCUT2D eigenvalue weighted by Gasteiger charge is 2.10. The third-order valence-corrected chi connectivity index (χ3v) is 4.37. The Bertz CT molecular complexity index is 553. The summed E-state index contributed by atoms with van der Waals surface area (Å²) >= 11 is 7.81. The summed E-state index contributed by atoms with van der Waals surface area (Å²) in [5.41, 5.74) is 1.07. The van der Waals surface area contributed by atoms with E-state index in [2.05, 4.69) is 11.4 Å². The van der Waals surface area contributed by atoms with Gasteiger partial charge in [0.1, 0.15) is 0 Å². The Morgan fingerprint density at radius 1 is 1.30 bits per heavy atom. The van der Waals surface area contributed by atoms with E-state index < -0.39 is 0 Å². The summed E-state index contributed by atoms with van der Waals surface area (Å²) in [6, 6.07) is 11.9. The second kappa shape index (κ2) is 7.46. The average molecular weight is 308 g/mol. The van der Waals surface area contributed by atoms with Gasteiger partial charge in [-0.2, -0.15) is 0 Å². The minimum absolute atomic E-state index is 0.0886. The number of carbonyl (C=O) groups excluding carboxylic acids is 1. The number of thiophene rings is 1. The summed E-state index contributed by atoms with van der Waals surface area (Å²) in [4.78, 5) is 13.1. The molecule has 0 radical (unpaired) electrons. The Hall–Kier alpha value is -1.32. The van der Waals surface area contributed by atoms with Crippen molar-refractivity contribution < 1.29 is 4.79 Å². The molecule has 2 nitrogen and oxygen atoms in total. The lowest BCUT2D eigenvalue weighted by molar-refractivity contribution is -0.121. The molecule has 20 heavy (non-hydrogen) atoms. The predicted octanol–water partition coefficient (Wildman–Crippen LogP) is 4.08. The van der Waals surface area contributed by atoms with Crippen LogP contribution in [-0.2, 0) is 17.6 Å². The molecule has 106 valence electrons. The highest BCUT2D eigenvalue weighted by atomic mass is 35.5. The van der Waals surface area contributed by atoms with E-state index in [0.717, 1.165) is 23.4 Å². The quantitative estimate of drug-likeness (QED) is 0.856. The van der Waals surface area contributed by atoms with Crippen LogP contribution in [0.3, 0.4) is 0 Å². The first-order valence-corrected chi connectivity index (χ1v) is 7.96. The van der Waals surface area contributed by atoms with Crippen molar-refractivity contribution in [2.24, 2.45) is 0 Å². The highest BCUT2D eigenvalue weighted by Crippen LogP contribution is 2.16. The van der Waals surface area contributed by atoms with Crippen molar-refractivity contribution in [3.05, 3.63) is 57.2 Å². The van der Waals surface area contributed by atoms with Gasteiger partial charge < -0.3 is 5.32 Å². The van der Waals surface area contributed by atoms with Crippen molar-refractivity contribution in [3.63, 3.8) is 0 Å². The molecule has 4 heteroatoms. The van der Waals surface area contributed by atoms with Gasteiger partial charge in [0.2, 0.25) is 5.91 Å². The Kier molecular flexibility index (Phi) is 5.62. The Balaban J connectivity index is 1.78. The van der Waals surface area contributed by atoms with Crippen LogP contribution in [0.25, 0.3) is 0 Å². The molecule has 2 rings (SSSR count). The summed E-state index contributed by atoms with van der Waals surface area (Å²) in [5.74, 6) is 0.0953. The minimum Gasteiger partial charge on any atom is -0.353 e. The maximum Gasteiger partial charge on any atom is 0.220 e. The number of aryl methyl sites for hydroxylation is 1. The maximum atomic E-state index is 11.9. The first kappa shape index (κ1) is 15.1. The van der Waals surface area contributed by atoms with Gasteiger partial charge in [-0.1, -0.05) is 35.9 Å². The fourth-order valence-corrected chi connectivity index (χ4v) is 3.01. The van der Waals surface area contributed by atoms with Gasteiger partial charge in [-0.05, 0) is 42.8 Å². The zero-order valence-corrected chi connectivity index (χ0v) is 13.0. The van der Waals surface area contributed by atoms with E-state index in [1.165, 1.54) is 4.88 Å². The van der Waals surface area contributed by atoms with Crippen LogP contribution in [0.1, 0.15) is 23.8 Å². The maximum absolute atomic E-state index is 11.9. The third-order valence-electron chi connectivity index (χ3n) is 3.07. The van der Waals surface area contributed by atoms with Gasteiger partial charge in [-0.25, -0.2) is 0 Å². The fourth-order valence-electron chi connectivity index (χ4n) is 2.08. The number of nitrogens with one attached hydrogen (secondary N) is 1. The summed E-state index contributed by atoms with van der Waals surface area (Å²) in [5, 5.41) is 5.82. The van der Waals surface area contributed by atoms with Crippen LogP contribution in [-0.4, -0.2) is 11.9 Å². The lowest BCUT2D eigenvalue weighted by atomic mass is 10.1. The van der Waals surface area contributed by atoms with Gasteiger partial charge >= 0.3 is 0 Å². The normalized spacial score (nSPS) is 12.1. The van der Waals surface area contributed by atoms with Gasteiger partial charge in [0.25, 0.3) is 0 Å². The molecule has 0 aliphatic heterocycles. The summed E-state index contributed by atoms with van der Waals surface area (Å²) in [7, 11) is 0. The molecule has 0 saturated carbocycles. The summed E-state index contributed by atoms with van der Waals surface area (Å²) in [6.07, 6.45) is 2.10. The number of rotatable bonds is 6.